The van der Waals surface area contributed by atoms with E-state index < -0.39 is 0 Å². The molecule has 1 aliphatic rings. The van der Waals surface area contributed by atoms with Gasteiger partial charge >= 0.3 is 0 Å². The average molecular weight is 314 g/mol. The summed E-state index contributed by atoms with van der Waals surface area (Å²) in [6.45, 7) is 5.39. The molecule has 1 saturated heterocycles. The molecule has 0 saturated carbocycles. The molecule has 1 heterocycles. The summed E-state index contributed by atoms with van der Waals surface area (Å²) >= 11 is 6.38. The van der Waals surface area contributed by atoms with Gasteiger partial charge in [-0.1, -0.05) is 18.5 Å². The van der Waals surface area contributed by atoms with Crippen molar-refractivity contribution in [3.63, 3.8) is 0 Å². The lowest BCUT2D eigenvalue weighted by Crippen LogP contribution is -2.26. The number of rotatable bonds is 7. The highest BCUT2D eigenvalue weighted by Crippen LogP contribution is 2.38. The fourth-order valence-corrected chi connectivity index (χ4v) is 2.64. The van der Waals surface area contributed by atoms with E-state index in [0.29, 0.717) is 16.5 Å². The molecule has 0 unspecified atom stereocenters. The summed E-state index contributed by atoms with van der Waals surface area (Å²) in [5.74, 6) is 1.34. The number of hydrogen-bond donors (Lipinski definition) is 1. The van der Waals surface area contributed by atoms with Gasteiger partial charge in [0.1, 0.15) is 6.10 Å². The Morgan fingerprint density at radius 1 is 1.33 bits per heavy atom. The van der Waals surface area contributed by atoms with Crippen molar-refractivity contribution in [2.45, 2.75) is 38.8 Å². The molecule has 0 aliphatic carbocycles. The second kappa shape index (κ2) is 8.47. The van der Waals surface area contributed by atoms with E-state index in [0.717, 1.165) is 51.1 Å². The first kappa shape index (κ1) is 16.4. The zero-order chi connectivity index (χ0) is 15.1. The maximum Gasteiger partial charge on any atom is 0.180 e. The van der Waals surface area contributed by atoms with E-state index in [2.05, 4.69) is 12.2 Å². The monoisotopic (exact) mass is 313 g/mol. The van der Waals surface area contributed by atoms with Crippen LogP contribution >= 0.6 is 11.6 Å². The van der Waals surface area contributed by atoms with E-state index >= 15 is 0 Å². The van der Waals surface area contributed by atoms with Gasteiger partial charge < -0.3 is 19.5 Å². The van der Waals surface area contributed by atoms with Crippen LogP contribution in [0.3, 0.4) is 0 Å². The average Bonchev–Trinajstić information content (AvgIpc) is 2.51. The van der Waals surface area contributed by atoms with Gasteiger partial charge in [0, 0.05) is 19.4 Å². The lowest BCUT2D eigenvalue weighted by Gasteiger charge is -2.25. The molecule has 1 N–H and O–H groups in total. The molecular formula is C16H24ClNO3. The zero-order valence-corrected chi connectivity index (χ0v) is 13.5. The highest BCUT2D eigenvalue weighted by Gasteiger charge is 2.20. The van der Waals surface area contributed by atoms with Crippen molar-refractivity contribution < 1.29 is 14.2 Å². The smallest absolute Gasteiger partial charge is 0.180 e. The summed E-state index contributed by atoms with van der Waals surface area (Å²) in [7, 11) is 1.64. The first-order valence-electron chi connectivity index (χ1n) is 7.56. The van der Waals surface area contributed by atoms with Crippen molar-refractivity contribution in [1.29, 1.82) is 0 Å². The molecule has 21 heavy (non-hydrogen) atoms. The summed E-state index contributed by atoms with van der Waals surface area (Å²) < 4.78 is 16.8. The number of hydrogen-bond acceptors (Lipinski definition) is 4. The Kier molecular flexibility index (Phi) is 6.61. The summed E-state index contributed by atoms with van der Waals surface area (Å²) in [6.07, 6.45) is 3.03. The minimum atomic E-state index is 0.147. The number of halogens is 1. The Labute approximate surface area is 131 Å². The SMILES string of the molecule is CCCNCc1cc(Cl)c(OC2CCOCC2)c(OC)c1. The van der Waals surface area contributed by atoms with Crippen LogP contribution in [0.1, 0.15) is 31.7 Å². The van der Waals surface area contributed by atoms with E-state index in [1.165, 1.54) is 0 Å². The van der Waals surface area contributed by atoms with Crippen LogP contribution in [0.5, 0.6) is 11.5 Å². The minimum absolute atomic E-state index is 0.147. The van der Waals surface area contributed by atoms with Gasteiger partial charge in [0.2, 0.25) is 0 Å². The van der Waals surface area contributed by atoms with E-state index in [1.807, 2.05) is 12.1 Å². The maximum atomic E-state index is 6.38. The number of ether oxygens (including phenoxy) is 3. The minimum Gasteiger partial charge on any atom is -0.493 e. The van der Waals surface area contributed by atoms with Gasteiger partial charge in [-0.3, -0.25) is 0 Å². The molecule has 0 atom stereocenters. The Morgan fingerprint density at radius 2 is 2.10 bits per heavy atom. The lowest BCUT2D eigenvalue weighted by atomic mass is 10.1. The largest absolute Gasteiger partial charge is 0.493 e. The van der Waals surface area contributed by atoms with Gasteiger partial charge in [-0.25, -0.2) is 0 Å². The third-order valence-corrected chi connectivity index (χ3v) is 3.78. The van der Waals surface area contributed by atoms with Crippen molar-refractivity contribution in [1.82, 2.24) is 5.32 Å². The molecule has 1 fully saturated rings. The van der Waals surface area contributed by atoms with E-state index in [1.54, 1.807) is 7.11 Å². The van der Waals surface area contributed by atoms with Crippen molar-refractivity contribution in [2.24, 2.45) is 0 Å². The Hall–Kier alpha value is -0.970. The third kappa shape index (κ3) is 4.77. The first-order chi connectivity index (χ1) is 10.2. The number of methoxy groups -OCH3 is 1. The Balaban J connectivity index is 2.08. The number of nitrogens with one attached hydrogen (secondary N) is 1. The van der Waals surface area contributed by atoms with Crippen molar-refractivity contribution in [3.8, 4) is 11.5 Å². The molecule has 1 aromatic rings. The number of benzene rings is 1. The molecule has 0 radical (unpaired) electrons. The van der Waals surface area contributed by atoms with Crippen LogP contribution in [0.2, 0.25) is 5.02 Å². The lowest BCUT2D eigenvalue weighted by molar-refractivity contribution is 0.0246. The van der Waals surface area contributed by atoms with E-state index in [9.17, 15) is 0 Å². The predicted octanol–water partition coefficient (Wildman–Crippen LogP) is 3.41. The van der Waals surface area contributed by atoms with Crippen LogP contribution < -0.4 is 14.8 Å². The van der Waals surface area contributed by atoms with Crippen LogP contribution in [-0.4, -0.2) is 33.0 Å². The molecule has 118 valence electrons. The quantitative estimate of drug-likeness (QED) is 0.783. The summed E-state index contributed by atoms with van der Waals surface area (Å²) in [6, 6.07) is 3.94. The predicted molar refractivity (Wildman–Crippen MR) is 84.5 cm³/mol. The molecule has 5 heteroatoms. The van der Waals surface area contributed by atoms with Crippen LogP contribution in [0.25, 0.3) is 0 Å². The van der Waals surface area contributed by atoms with Crippen LogP contribution in [0.15, 0.2) is 12.1 Å². The summed E-state index contributed by atoms with van der Waals surface area (Å²) in [5, 5.41) is 3.96. The van der Waals surface area contributed by atoms with Crippen LogP contribution in [0, 0.1) is 0 Å². The topological polar surface area (TPSA) is 39.7 Å². The van der Waals surface area contributed by atoms with E-state index in [-0.39, 0.29) is 6.10 Å². The fraction of sp³-hybridized carbons (Fsp3) is 0.625. The fourth-order valence-electron chi connectivity index (χ4n) is 2.36. The normalized spacial score (nSPS) is 16.0. The molecule has 0 spiro atoms. The molecule has 0 aromatic heterocycles. The van der Waals surface area contributed by atoms with Crippen LogP contribution in [-0.2, 0) is 11.3 Å². The zero-order valence-electron chi connectivity index (χ0n) is 12.8. The molecule has 2 rings (SSSR count). The summed E-state index contributed by atoms with van der Waals surface area (Å²) in [4.78, 5) is 0. The molecule has 0 amide bonds. The highest BCUT2D eigenvalue weighted by atomic mass is 35.5. The van der Waals surface area contributed by atoms with E-state index in [4.69, 9.17) is 25.8 Å². The van der Waals surface area contributed by atoms with Gasteiger partial charge in [-0.05, 0) is 30.7 Å². The Morgan fingerprint density at radius 3 is 2.76 bits per heavy atom. The van der Waals surface area contributed by atoms with Crippen molar-refractivity contribution in [2.75, 3.05) is 26.9 Å². The van der Waals surface area contributed by atoms with Crippen LogP contribution in [0.4, 0.5) is 0 Å². The van der Waals surface area contributed by atoms with Crippen molar-refractivity contribution >= 4 is 11.6 Å². The molecule has 1 aliphatic heterocycles. The highest BCUT2D eigenvalue weighted by molar-refractivity contribution is 6.32. The molecule has 4 nitrogen and oxygen atoms in total. The van der Waals surface area contributed by atoms with Crippen molar-refractivity contribution in [3.05, 3.63) is 22.7 Å². The Bertz CT molecular complexity index is 447. The van der Waals surface area contributed by atoms with Gasteiger partial charge in [0.05, 0.1) is 25.3 Å². The van der Waals surface area contributed by atoms with Gasteiger partial charge in [0.15, 0.2) is 11.5 Å². The molecular weight excluding hydrogens is 290 g/mol. The van der Waals surface area contributed by atoms with Gasteiger partial charge in [-0.15, -0.1) is 0 Å². The maximum absolute atomic E-state index is 6.38. The van der Waals surface area contributed by atoms with Gasteiger partial charge in [-0.2, -0.15) is 0 Å². The first-order valence-corrected chi connectivity index (χ1v) is 7.94. The summed E-state index contributed by atoms with van der Waals surface area (Å²) in [5.41, 5.74) is 1.10. The molecule has 1 aromatic carbocycles. The van der Waals surface area contributed by atoms with Gasteiger partial charge in [0.25, 0.3) is 0 Å². The molecule has 0 bridgehead atoms. The standard InChI is InChI=1S/C16H24ClNO3/c1-3-6-18-11-12-9-14(17)16(15(10-12)19-2)21-13-4-7-20-8-5-13/h9-10,13,18H,3-8,11H2,1-2H3. The second-order valence-electron chi connectivity index (χ2n) is 5.22. The third-order valence-electron chi connectivity index (χ3n) is 3.50. The second-order valence-corrected chi connectivity index (χ2v) is 5.62.